The van der Waals surface area contributed by atoms with Crippen LogP contribution in [0.4, 0.5) is 4.79 Å². The average molecular weight is 333 g/mol. The van der Waals surface area contributed by atoms with Gasteiger partial charge in [-0.05, 0) is 0 Å². The number of carbonyl (C=O) groups is 1. The quantitative estimate of drug-likeness (QED) is 0.792. The Morgan fingerprint density at radius 1 is 1.22 bits per heavy atom. The standard InChI is InChI=1S/C17H23N3O2S/c1-17(2,3)23-10-9-18-16(21)20-12-15-19-11-14(22-15)13-7-5-4-6-8-13/h4-8,11H,9-10,12H2,1-3H3,(H2,18,20,21). The van der Waals surface area contributed by atoms with Gasteiger partial charge in [0.1, 0.15) is 0 Å². The number of benzene rings is 1. The van der Waals surface area contributed by atoms with E-state index in [0.29, 0.717) is 18.2 Å². The minimum absolute atomic E-state index is 0.209. The van der Waals surface area contributed by atoms with Gasteiger partial charge in [-0.3, -0.25) is 0 Å². The van der Waals surface area contributed by atoms with Crippen molar-refractivity contribution in [3.63, 3.8) is 0 Å². The predicted molar refractivity (Wildman–Crippen MR) is 94.4 cm³/mol. The van der Waals surface area contributed by atoms with Gasteiger partial charge in [-0.2, -0.15) is 11.8 Å². The normalized spacial score (nSPS) is 11.3. The summed E-state index contributed by atoms with van der Waals surface area (Å²) in [5, 5.41) is 5.57. The summed E-state index contributed by atoms with van der Waals surface area (Å²) in [6.07, 6.45) is 1.67. The van der Waals surface area contributed by atoms with E-state index in [0.717, 1.165) is 11.3 Å². The number of oxazole rings is 1. The number of thioether (sulfide) groups is 1. The smallest absolute Gasteiger partial charge is 0.315 e. The Kier molecular flexibility index (Phi) is 6.10. The first-order chi connectivity index (χ1) is 10.9. The molecule has 2 amide bonds. The van der Waals surface area contributed by atoms with Crippen LogP contribution in [-0.4, -0.2) is 28.1 Å². The van der Waals surface area contributed by atoms with Crippen LogP contribution >= 0.6 is 11.8 Å². The van der Waals surface area contributed by atoms with Crippen molar-refractivity contribution in [1.82, 2.24) is 15.6 Å². The molecule has 5 nitrogen and oxygen atoms in total. The summed E-state index contributed by atoms with van der Waals surface area (Å²) in [5.41, 5.74) is 0.968. The molecule has 0 fully saturated rings. The molecular formula is C17H23N3O2S. The SMILES string of the molecule is CC(C)(C)SCCNC(=O)NCc1ncc(-c2ccccc2)o1. The van der Waals surface area contributed by atoms with E-state index in [1.165, 1.54) is 0 Å². The Morgan fingerprint density at radius 3 is 2.65 bits per heavy atom. The molecule has 0 radical (unpaired) electrons. The van der Waals surface area contributed by atoms with Gasteiger partial charge in [0.05, 0.1) is 12.7 Å². The third kappa shape index (κ3) is 6.36. The predicted octanol–water partition coefficient (Wildman–Crippen LogP) is 3.67. The van der Waals surface area contributed by atoms with Crippen molar-refractivity contribution in [2.75, 3.05) is 12.3 Å². The van der Waals surface area contributed by atoms with E-state index >= 15 is 0 Å². The van der Waals surface area contributed by atoms with Crippen LogP contribution < -0.4 is 10.6 Å². The van der Waals surface area contributed by atoms with Crippen LogP contribution in [0.3, 0.4) is 0 Å². The summed E-state index contributed by atoms with van der Waals surface area (Å²) in [7, 11) is 0. The fourth-order valence-electron chi connectivity index (χ4n) is 1.87. The Morgan fingerprint density at radius 2 is 1.96 bits per heavy atom. The second-order valence-corrected chi connectivity index (χ2v) is 7.98. The van der Waals surface area contributed by atoms with E-state index in [9.17, 15) is 4.79 Å². The number of nitrogens with zero attached hydrogens (tertiary/aromatic N) is 1. The van der Waals surface area contributed by atoms with Crippen LogP contribution in [0.5, 0.6) is 0 Å². The minimum atomic E-state index is -0.209. The van der Waals surface area contributed by atoms with Gasteiger partial charge >= 0.3 is 6.03 Å². The van der Waals surface area contributed by atoms with Crippen molar-refractivity contribution in [3.05, 3.63) is 42.4 Å². The highest BCUT2D eigenvalue weighted by atomic mass is 32.2. The lowest BCUT2D eigenvalue weighted by Gasteiger charge is -2.17. The topological polar surface area (TPSA) is 67.2 Å². The van der Waals surface area contributed by atoms with Crippen LogP contribution in [0, 0.1) is 0 Å². The average Bonchev–Trinajstić information content (AvgIpc) is 2.98. The molecule has 0 aliphatic heterocycles. The molecule has 6 heteroatoms. The van der Waals surface area contributed by atoms with E-state index in [1.807, 2.05) is 42.1 Å². The second kappa shape index (κ2) is 8.06. The van der Waals surface area contributed by atoms with E-state index in [1.54, 1.807) is 6.20 Å². The van der Waals surface area contributed by atoms with Crippen molar-refractivity contribution < 1.29 is 9.21 Å². The molecule has 23 heavy (non-hydrogen) atoms. The third-order valence-electron chi connectivity index (χ3n) is 2.93. The van der Waals surface area contributed by atoms with Gasteiger partial charge < -0.3 is 15.1 Å². The van der Waals surface area contributed by atoms with Crippen LogP contribution in [0.1, 0.15) is 26.7 Å². The molecule has 1 aromatic heterocycles. The van der Waals surface area contributed by atoms with Crippen molar-refractivity contribution in [2.24, 2.45) is 0 Å². The molecule has 0 atom stereocenters. The lowest BCUT2D eigenvalue weighted by atomic mass is 10.2. The number of carbonyl (C=O) groups excluding carboxylic acids is 1. The van der Waals surface area contributed by atoms with E-state index in [4.69, 9.17) is 4.42 Å². The van der Waals surface area contributed by atoms with Gasteiger partial charge in [-0.25, -0.2) is 9.78 Å². The summed E-state index contributed by atoms with van der Waals surface area (Å²) in [4.78, 5) is 15.9. The molecule has 2 aromatic rings. The zero-order chi connectivity index (χ0) is 16.7. The Balaban J connectivity index is 1.72. The molecular weight excluding hydrogens is 310 g/mol. The third-order valence-corrected chi connectivity index (χ3v) is 4.21. The summed E-state index contributed by atoms with van der Waals surface area (Å²) in [5.74, 6) is 2.07. The Hall–Kier alpha value is -1.95. The summed E-state index contributed by atoms with van der Waals surface area (Å²) in [6.45, 7) is 7.37. The summed E-state index contributed by atoms with van der Waals surface area (Å²) >= 11 is 1.82. The Bertz CT molecular complexity index is 620. The van der Waals surface area contributed by atoms with Gasteiger partial charge in [0, 0.05) is 22.6 Å². The lowest BCUT2D eigenvalue weighted by Crippen LogP contribution is -2.36. The largest absolute Gasteiger partial charge is 0.439 e. The molecule has 0 saturated carbocycles. The highest BCUT2D eigenvalue weighted by Crippen LogP contribution is 2.22. The number of amides is 2. The molecule has 0 saturated heterocycles. The molecule has 0 unspecified atom stereocenters. The number of urea groups is 1. The second-order valence-electron chi connectivity index (χ2n) is 6.05. The maximum absolute atomic E-state index is 11.7. The Labute approximate surface area is 141 Å². The number of rotatable bonds is 6. The van der Waals surface area contributed by atoms with Gasteiger partial charge in [0.15, 0.2) is 5.76 Å². The molecule has 0 aliphatic rings. The van der Waals surface area contributed by atoms with Gasteiger partial charge in [0.25, 0.3) is 0 Å². The molecule has 2 rings (SSSR count). The van der Waals surface area contributed by atoms with Crippen LogP contribution in [-0.2, 0) is 6.54 Å². The van der Waals surface area contributed by atoms with E-state index in [-0.39, 0.29) is 17.3 Å². The van der Waals surface area contributed by atoms with Gasteiger partial charge in [-0.1, -0.05) is 51.1 Å². The molecule has 2 N–H and O–H groups in total. The highest BCUT2D eigenvalue weighted by molar-refractivity contribution is 8.00. The van der Waals surface area contributed by atoms with Crippen LogP contribution in [0.15, 0.2) is 40.9 Å². The highest BCUT2D eigenvalue weighted by Gasteiger charge is 2.10. The van der Waals surface area contributed by atoms with E-state index < -0.39 is 0 Å². The zero-order valence-corrected chi connectivity index (χ0v) is 14.6. The minimum Gasteiger partial charge on any atom is -0.439 e. The van der Waals surface area contributed by atoms with Crippen molar-refractivity contribution in [2.45, 2.75) is 32.1 Å². The molecule has 1 heterocycles. The molecule has 0 aliphatic carbocycles. The first kappa shape index (κ1) is 17.4. The zero-order valence-electron chi connectivity index (χ0n) is 13.8. The van der Waals surface area contributed by atoms with Gasteiger partial charge in [-0.15, -0.1) is 0 Å². The van der Waals surface area contributed by atoms with Gasteiger partial charge in [0.2, 0.25) is 5.89 Å². The molecule has 124 valence electrons. The fraction of sp³-hybridized carbons (Fsp3) is 0.412. The molecule has 1 aromatic carbocycles. The summed E-state index contributed by atoms with van der Waals surface area (Å²) in [6, 6.07) is 9.54. The van der Waals surface area contributed by atoms with Crippen molar-refractivity contribution >= 4 is 17.8 Å². The first-order valence-corrected chi connectivity index (χ1v) is 8.58. The number of hydrogen-bond acceptors (Lipinski definition) is 4. The number of nitrogens with one attached hydrogen (secondary N) is 2. The number of aromatic nitrogens is 1. The van der Waals surface area contributed by atoms with E-state index in [2.05, 4.69) is 36.4 Å². The van der Waals surface area contributed by atoms with Crippen molar-refractivity contribution in [3.8, 4) is 11.3 Å². The van der Waals surface area contributed by atoms with Crippen molar-refractivity contribution in [1.29, 1.82) is 0 Å². The lowest BCUT2D eigenvalue weighted by molar-refractivity contribution is 0.240. The summed E-state index contributed by atoms with van der Waals surface area (Å²) < 4.78 is 5.85. The number of hydrogen-bond donors (Lipinski definition) is 2. The monoisotopic (exact) mass is 333 g/mol. The molecule has 0 bridgehead atoms. The van der Waals surface area contributed by atoms with Crippen LogP contribution in [0.25, 0.3) is 11.3 Å². The molecule has 0 spiro atoms. The first-order valence-electron chi connectivity index (χ1n) is 7.60. The maximum Gasteiger partial charge on any atom is 0.315 e. The fourth-order valence-corrected chi connectivity index (χ4v) is 2.68. The van der Waals surface area contributed by atoms with Crippen LogP contribution in [0.2, 0.25) is 0 Å². The maximum atomic E-state index is 11.7.